The maximum Gasteiger partial charge on any atom is 0.270 e. The van der Waals surface area contributed by atoms with E-state index in [1.165, 1.54) is 17.5 Å². The molecule has 1 saturated heterocycles. The third-order valence-corrected chi connectivity index (χ3v) is 4.82. The molecule has 0 spiro atoms. The zero-order chi connectivity index (χ0) is 16.6. The van der Waals surface area contributed by atoms with Gasteiger partial charge in [0.1, 0.15) is 5.69 Å². The Morgan fingerprint density at radius 2 is 2.09 bits per heavy atom. The first kappa shape index (κ1) is 16.1. The molecular formula is C19H26N2O2. The number of carbonyl (C=O) groups excluding carboxylic acids is 1. The quantitative estimate of drug-likeness (QED) is 0.938. The Hall–Kier alpha value is -1.81. The normalized spacial score (nSPS) is 18.3. The van der Waals surface area contributed by atoms with E-state index in [2.05, 4.69) is 31.0 Å². The molecule has 1 amide bonds. The smallest absolute Gasteiger partial charge is 0.270 e. The number of fused-ring (bicyclic) bond motifs is 1. The van der Waals surface area contributed by atoms with Crippen molar-refractivity contribution in [3.8, 4) is 0 Å². The van der Waals surface area contributed by atoms with Crippen LogP contribution in [0.2, 0.25) is 0 Å². The monoisotopic (exact) mass is 314 g/mol. The molecule has 0 bridgehead atoms. The van der Waals surface area contributed by atoms with E-state index in [-0.39, 0.29) is 12.0 Å². The predicted octanol–water partition coefficient (Wildman–Crippen LogP) is 3.73. The van der Waals surface area contributed by atoms with Crippen molar-refractivity contribution in [3.05, 3.63) is 34.5 Å². The van der Waals surface area contributed by atoms with Gasteiger partial charge in [0.2, 0.25) is 0 Å². The van der Waals surface area contributed by atoms with Gasteiger partial charge in [-0.1, -0.05) is 11.6 Å². The molecule has 1 aromatic heterocycles. The number of carbonyl (C=O) groups is 1. The highest BCUT2D eigenvalue weighted by atomic mass is 16.5. The minimum atomic E-state index is 0.0462. The summed E-state index contributed by atoms with van der Waals surface area (Å²) < 4.78 is 5.75. The van der Waals surface area contributed by atoms with Crippen molar-refractivity contribution in [2.24, 2.45) is 0 Å². The van der Waals surface area contributed by atoms with Crippen molar-refractivity contribution in [2.75, 3.05) is 20.2 Å². The predicted molar refractivity (Wildman–Crippen MR) is 93.1 cm³/mol. The zero-order valence-corrected chi connectivity index (χ0v) is 14.5. The third-order valence-electron chi connectivity index (χ3n) is 4.82. The summed E-state index contributed by atoms with van der Waals surface area (Å²) in [6.45, 7) is 7.67. The van der Waals surface area contributed by atoms with Gasteiger partial charge in [0.25, 0.3) is 5.91 Å². The lowest BCUT2D eigenvalue weighted by molar-refractivity contribution is -0.000287. The number of aromatic amines is 1. The molecule has 4 nitrogen and oxygen atoms in total. The van der Waals surface area contributed by atoms with Gasteiger partial charge in [0, 0.05) is 31.1 Å². The fraction of sp³-hybridized carbons (Fsp3) is 0.526. The van der Waals surface area contributed by atoms with Crippen molar-refractivity contribution in [2.45, 2.75) is 46.1 Å². The second-order valence-electron chi connectivity index (χ2n) is 6.80. The van der Waals surface area contributed by atoms with Crippen LogP contribution in [0, 0.1) is 20.8 Å². The number of ether oxygens (including phenoxy) is 1. The van der Waals surface area contributed by atoms with Gasteiger partial charge in [-0.2, -0.15) is 0 Å². The summed E-state index contributed by atoms with van der Waals surface area (Å²) in [4.78, 5) is 18.0. The zero-order valence-electron chi connectivity index (χ0n) is 14.5. The van der Waals surface area contributed by atoms with Crippen LogP contribution in [0.3, 0.4) is 0 Å². The van der Waals surface area contributed by atoms with Gasteiger partial charge in [-0.3, -0.25) is 4.79 Å². The van der Waals surface area contributed by atoms with Gasteiger partial charge in [-0.15, -0.1) is 0 Å². The number of rotatable bonds is 3. The molecule has 3 rings (SSSR count). The number of benzene rings is 1. The van der Waals surface area contributed by atoms with E-state index in [1.807, 2.05) is 14.0 Å². The lowest BCUT2D eigenvalue weighted by Gasteiger charge is -2.27. The van der Waals surface area contributed by atoms with Crippen LogP contribution in [0.25, 0.3) is 10.9 Å². The van der Waals surface area contributed by atoms with E-state index in [0.717, 1.165) is 35.9 Å². The average Bonchev–Trinajstić information content (AvgIpc) is 2.85. The topological polar surface area (TPSA) is 45.3 Å². The van der Waals surface area contributed by atoms with Gasteiger partial charge < -0.3 is 14.6 Å². The van der Waals surface area contributed by atoms with E-state index in [4.69, 9.17) is 4.74 Å². The van der Waals surface area contributed by atoms with Crippen LogP contribution in [-0.2, 0) is 4.74 Å². The van der Waals surface area contributed by atoms with Crippen LogP contribution < -0.4 is 0 Å². The van der Waals surface area contributed by atoms with Gasteiger partial charge in [-0.05, 0) is 57.2 Å². The molecule has 4 heteroatoms. The van der Waals surface area contributed by atoms with Crippen LogP contribution in [0.5, 0.6) is 0 Å². The Balaban J connectivity index is 1.85. The number of likely N-dealkylation sites (N-methyl/N-ethyl adjacent to an activating group) is 1. The maximum atomic E-state index is 12.8. The summed E-state index contributed by atoms with van der Waals surface area (Å²) in [5.74, 6) is 0.0462. The molecule has 2 aromatic rings. The molecule has 1 aliphatic rings. The molecule has 0 saturated carbocycles. The number of amides is 1. The highest BCUT2D eigenvalue weighted by Crippen LogP contribution is 2.27. The van der Waals surface area contributed by atoms with E-state index < -0.39 is 0 Å². The van der Waals surface area contributed by atoms with Crippen LogP contribution >= 0.6 is 0 Å². The summed E-state index contributed by atoms with van der Waals surface area (Å²) in [5, 5.41) is 1.15. The van der Waals surface area contributed by atoms with E-state index in [1.54, 1.807) is 4.90 Å². The summed E-state index contributed by atoms with van der Waals surface area (Å²) in [5.41, 5.74) is 5.21. The summed E-state index contributed by atoms with van der Waals surface area (Å²) >= 11 is 0. The lowest BCUT2D eigenvalue weighted by Crippen LogP contribution is -2.37. The number of nitrogens with zero attached hydrogens (tertiary/aromatic N) is 1. The molecule has 0 unspecified atom stereocenters. The Morgan fingerprint density at radius 3 is 2.78 bits per heavy atom. The van der Waals surface area contributed by atoms with Crippen LogP contribution in [-0.4, -0.2) is 42.1 Å². The molecule has 124 valence electrons. The second kappa shape index (κ2) is 6.36. The Kier molecular flexibility index (Phi) is 4.44. The molecule has 0 radical (unpaired) electrons. The van der Waals surface area contributed by atoms with Gasteiger partial charge in [0.15, 0.2) is 0 Å². The largest absolute Gasteiger partial charge is 0.376 e. The number of aryl methyl sites for hydroxylation is 3. The second-order valence-corrected chi connectivity index (χ2v) is 6.80. The van der Waals surface area contributed by atoms with Crippen molar-refractivity contribution < 1.29 is 9.53 Å². The number of aromatic nitrogens is 1. The maximum absolute atomic E-state index is 12.8. The first-order chi connectivity index (χ1) is 11.0. The van der Waals surface area contributed by atoms with Crippen molar-refractivity contribution in [3.63, 3.8) is 0 Å². The summed E-state index contributed by atoms with van der Waals surface area (Å²) in [6.07, 6.45) is 3.54. The molecule has 1 N–H and O–H groups in total. The fourth-order valence-corrected chi connectivity index (χ4v) is 3.53. The number of hydrogen-bond acceptors (Lipinski definition) is 2. The van der Waals surface area contributed by atoms with Gasteiger partial charge >= 0.3 is 0 Å². The summed E-state index contributed by atoms with van der Waals surface area (Å²) in [7, 11) is 1.86. The molecular weight excluding hydrogens is 288 g/mol. The molecule has 2 heterocycles. The van der Waals surface area contributed by atoms with Crippen LogP contribution in [0.1, 0.15) is 46.4 Å². The number of hydrogen-bond donors (Lipinski definition) is 1. The minimum absolute atomic E-state index is 0.0462. The van der Waals surface area contributed by atoms with E-state index in [9.17, 15) is 4.79 Å². The standard InChI is InChI=1S/C19H26N2O2/c1-12-9-13(2)17-16(10-12)14(3)18(20-17)19(22)21(4)11-15-7-5-6-8-23-15/h9-10,15,20H,5-8,11H2,1-4H3/t15-/m1/s1. The molecule has 1 aliphatic heterocycles. The van der Waals surface area contributed by atoms with Gasteiger partial charge in [-0.25, -0.2) is 0 Å². The van der Waals surface area contributed by atoms with Crippen LogP contribution in [0.4, 0.5) is 0 Å². The van der Waals surface area contributed by atoms with Crippen LogP contribution in [0.15, 0.2) is 12.1 Å². The molecule has 0 aliphatic carbocycles. The van der Waals surface area contributed by atoms with Crippen molar-refractivity contribution in [1.29, 1.82) is 0 Å². The van der Waals surface area contributed by atoms with E-state index >= 15 is 0 Å². The molecule has 1 aromatic carbocycles. The SMILES string of the molecule is Cc1cc(C)c2[nH]c(C(=O)N(C)C[C@H]3CCCCO3)c(C)c2c1. The fourth-order valence-electron chi connectivity index (χ4n) is 3.53. The highest BCUT2D eigenvalue weighted by molar-refractivity contribution is 6.01. The minimum Gasteiger partial charge on any atom is -0.376 e. The first-order valence-electron chi connectivity index (χ1n) is 8.44. The Morgan fingerprint density at radius 1 is 1.30 bits per heavy atom. The van der Waals surface area contributed by atoms with Gasteiger partial charge in [0.05, 0.1) is 6.10 Å². The number of H-pyrrole nitrogens is 1. The molecule has 1 atom stereocenters. The van der Waals surface area contributed by atoms with Crippen molar-refractivity contribution in [1.82, 2.24) is 9.88 Å². The summed E-state index contributed by atoms with van der Waals surface area (Å²) in [6, 6.07) is 4.29. The lowest BCUT2D eigenvalue weighted by atomic mass is 10.1. The molecule has 1 fully saturated rings. The highest BCUT2D eigenvalue weighted by Gasteiger charge is 2.23. The Labute approximate surface area is 137 Å². The van der Waals surface area contributed by atoms with E-state index in [0.29, 0.717) is 12.2 Å². The number of nitrogens with one attached hydrogen (secondary N) is 1. The van der Waals surface area contributed by atoms with Crippen molar-refractivity contribution >= 4 is 16.8 Å². The Bertz CT molecular complexity index is 727. The average molecular weight is 314 g/mol. The first-order valence-corrected chi connectivity index (χ1v) is 8.44. The molecule has 23 heavy (non-hydrogen) atoms. The third kappa shape index (κ3) is 3.13.